The van der Waals surface area contributed by atoms with Gasteiger partial charge in [-0.05, 0) is 49.4 Å². The largest absolute Gasteiger partial charge is 0.416 e. The molecule has 1 fully saturated rings. The van der Waals surface area contributed by atoms with Gasteiger partial charge in [-0.25, -0.2) is 15.0 Å². The van der Waals surface area contributed by atoms with Crippen molar-refractivity contribution in [2.24, 2.45) is 0 Å². The number of likely N-dealkylation sites (N-methyl/N-ethyl adjacent to an activating group) is 1. The third kappa shape index (κ3) is 6.64. The van der Waals surface area contributed by atoms with Crippen LogP contribution in [0.3, 0.4) is 0 Å². The lowest BCUT2D eigenvalue weighted by molar-refractivity contribution is -0.138. The monoisotopic (exact) mass is 565 g/mol. The van der Waals surface area contributed by atoms with Crippen LogP contribution in [0.15, 0.2) is 61.2 Å². The molecule has 0 atom stereocenters. The van der Waals surface area contributed by atoms with Gasteiger partial charge in [0, 0.05) is 68.1 Å². The van der Waals surface area contributed by atoms with Gasteiger partial charge >= 0.3 is 6.18 Å². The predicted molar refractivity (Wildman–Crippen MR) is 150 cm³/mol. The van der Waals surface area contributed by atoms with Gasteiger partial charge in [0.25, 0.3) is 5.91 Å². The molecule has 3 heterocycles. The molecule has 214 valence electrons. The molecule has 4 aromatic rings. The molecule has 0 saturated carbocycles. The summed E-state index contributed by atoms with van der Waals surface area (Å²) in [4.78, 5) is 29.6. The zero-order chi connectivity index (χ0) is 29.1. The Morgan fingerprint density at radius 2 is 1.80 bits per heavy atom. The van der Waals surface area contributed by atoms with Crippen LogP contribution in [0.5, 0.6) is 0 Å². The van der Waals surface area contributed by atoms with Gasteiger partial charge in [0.15, 0.2) is 0 Å². The van der Waals surface area contributed by atoms with Crippen molar-refractivity contribution in [1.82, 2.24) is 29.3 Å². The van der Waals surface area contributed by atoms with E-state index < -0.39 is 17.6 Å². The highest BCUT2D eigenvalue weighted by atomic mass is 19.4. The van der Waals surface area contributed by atoms with Gasteiger partial charge in [-0.2, -0.15) is 13.2 Å². The number of amides is 1. The molecule has 5 rings (SSSR count). The van der Waals surface area contributed by atoms with Crippen LogP contribution in [0.1, 0.15) is 27.0 Å². The second kappa shape index (κ2) is 11.6. The van der Waals surface area contributed by atoms with E-state index in [0.29, 0.717) is 42.0 Å². The van der Waals surface area contributed by atoms with Gasteiger partial charge < -0.3 is 21.3 Å². The number of nitrogens with two attached hydrogens (primary N) is 1. The van der Waals surface area contributed by atoms with Crippen molar-refractivity contribution in [2.45, 2.75) is 19.6 Å². The Hall–Kier alpha value is -4.49. The molecule has 1 saturated heterocycles. The van der Waals surface area contributed by atoms with Crippen molar-refractivity contribution in [3.8, 4) is 5.82 Å². The summed E-state index contributed by atoms with van der Waals surface area (Å²) in [5.74, 6) is 0.613. The van der Waals surface area contributed by atoms with Crippen molar-refractivity contribution in [3.05, 3.63) is 83.4 Å². The fourth-order valence-corrected chi connectivity index (χ4v) is 4.60. The van der Waals surface area contributed by atoms with Gasteiger partial charge in [-0.3, -0.25) is 14.3 Å². The number of aromatic nitrogens is 4. The van der Waals surface area contributed by atoms with Crippen molar-refractivity contribution < 1.29 is 18.0 Å². The minimum atomic E-state index is -4.59. The Balaban J connectivity index is 1.34. The first kappa shape index (κ1) is 28.1. The van der Waals surface area contributed by atoms with Gasteiger partial charge in [-0.15, -0.1) is 0 Å². The van der Waals surface area contributed by atoms with Gasteiger partial charge in [0.05, 0.1) is 5.56 Å². The minimum Gasteiger partial charge on any atom is -0.384 e. The SMILES string of the molecule is Cc1ccc(NC(=O)c2ccc(CN3CCN(C)CC3)c(C(F)(F)F)c2)cc1Nc1nccn1-c1cc(N)ncn1. The Bertz CT molecular complexity index is 1550. The van der Waals surface area contributed by atoms with E-state index in [1.54, 1.807) is 41.2 Å². The molecule has 0 spiro atoms. The Labute approximate surface area is 235 Å². The molecule has 0 unspecified atom stereocenters. The highest BCUT2D eigenvalue weighted by molar-refractivity contribution is 6.04. The number of imidazole rings is 1. The van der Waals surface area contributed by atoms with E-state index in [9.17, 15) is 18.0 Å². The van der Waals surface area contributed by atoms with Crippen molar-refractivity contribution >= 4 is 29.0 Å². The van der Waals surface area contributed by atoms with Crippen LogP contribution in [0.2, 0.25) is 0 Å². The number of alkyl halides is 3. The number of nitrogen functional groups attached to an aromatic ring is 1. The first-order valence-electron chi connectivity index (χ1n) is 13.0. The first-order valence-corrected chi connectivity index (χ1v) is 13.0. The van der Waals surface area contributed by atoms with Crippen LogP contribution in [0, 0.1) is 6.92 Å². The Morgan fingerprint density at radius 3 is 2.54 bits per heavy atom. The number of aryl methyl sites for hydroxylation is 1. The van der Waals surface area contributed by atoms with E-state index >= 15 is 0 Å². The highest BCUT2D eigenvalue weighted by Gasteiger charge is 2.34. The summed E-state index contributed by atoms with van der Waals surface area (Å²) in [5, 5.41) is 5.93. The van der Waals surface area contributed by atoms with E-state index in [1.807, 2.05) is 18.9 Å². The average molecular weight is 566 g/mol. The normalized spacial score (nSPS) is 14.7. The maximum Gasteiger partial charge on any atom is 0.416 e. The van der Waals surface area contributed by atoms with Gasteiger partial charge in [0.2, 0.25) is 5.95 Å². The Morgan fingerprint density at radius 1 is 1.02 bits per heavy atom. The smallest absolute Gasteiger partial charge is 0.384 e. The van der Waals surface area contributed by atoms with Crippen LogP contribution in [-0.4, -0.2) is 68.5 Å². The van der Waals surface area contributed by atoms with Crippen LogP contribution in [-0.2, 0) is 12.7 Å². The maximum atomic E-state index is 14.0. The molecule has 2 aromatic heterocycles. The molecular weight excluding hydrogens is 535 g/mol. The maximum absolute atomic E-state index is 14.0. The lowest BCUT2D eigenvalue weighted by atomic mass is 10.0. The molecule has 0 aliphatic carbocycles. The summed E-state index contributed by atoms with van der Waals surface area (Å²) >= 11 is 0. The molecule has 4 N–H and O–H groups in total. The van der Waals surface area contributed by atoms with E-state index in [-0.39, 0.29) is 17.7 Å². The molecule has 1 amide bonds. The zero-order valence-electron chi connectivity index (χ0n) is 22.6. The summed E-state index contributed by atoms with van der Waals surface area (Å²) in [6.45, 7) is 5.02. The average Bonchev–Trinajstić information content (AvgIpc) is 3.39. The second-order valence-corrected chi connectivity index (χ2v) is 9.98. The summed E-state index contributed by atoms with van der Waals surface area (Å²) in [7, 11) is 1.99. The zero-order valence-corrected chi connectivity index (χ0v) is 22.6. The number of benzene rings is 2. The summed E-state index contributed by atoms with van der Waals surface area (Å²) in [6.07, 6.45) is 0.0539. The number of halogens is 3. The summed E-state index contributed by atoms with van der Waals surface area (Å²) in [5.41, 5.74) is 6.95. The number of carbonyl (C=O) groups excluding carboxylic acids is 1. The number of rotatable bonds is 7. The molecule has 1 aliphatic heterocycles. The molecule has 1 aliphatic rings. The molecule has 10 nitrogen and oxygen atoms in total. The van der Waals surface area contributed by atoms with E-state index in [2.05, 4.69) is 30.5 Å². The standard InChI is InChI=1S/C28H30F3N9O/c1-18-3-6-21(14-23(18)37-27-33-7-8-40(27)25-15-24(32)34-17-35-25)36-26(41)19-4-5-20(22(13-19)28(29,30)31)16-39-11-9-38(2)10-12-39/h3-8,13-15,17H,9-12,16H2,1-2H3,(H,33,37)(H,36,41)(H2,32,34,35). The molecular formula is C28H30F3N9O. The van der Waals surface area contributed by atoms with Gasteiger partial charge in [-0.1, -0.05) is 12.1 Å². The number of piperazine rings is 1. The predicted octanol–water partition coefficient (Wildman–Crippen LogP) is 4.32. The van der Waals surface area contributed by atoms with Crippen LogP contribution < -0.4 is 16.4 Å². The van der Waals surface area contributed by atoms with E-state index in [0.717, 1.165) is 24.7 Å². The molecule has 0 radical (unpaired) electrons. The molecule has 13 heteroatoms. The lowest BCUT2D eigenvalue weighted by Gasteiger charge is -2.33. The quantitative estimate of drug-likeness (QED) is 0.304. The summed E-state index contributed by atoms with van der Waals surface area (Å²) < 4.78 is 43.7. The first-order chi connectivity index (χ1) is 19.6. The Kier molecular flexibility index (Phi) is 7.90. The number of hydrogen-bond acceptors (Lipinski definition) is 8. The number of anilines is 4. The van der Waals surface area contributed by atoms with Crippen LogP contribution >= 0.6 is 0 Å². The van der Waals surface area contributed by atoms with E-state index in [4.69, 9.17) is 5.73 Å². The number of hydrogen-bond donors (Lipinski definition) is 3. The third-order valence-corrected chi connectivity index (χ3v) is 6.97. The number of nitrogens with one attached hydrogen (secondary N) is 2. The van der Waals surface area contributed by atoms with Crippen molar-refractivity contribution in [3.63, 3.8) is 0 Å². The molecule has 2 aromatic carbocycles. The molecule has 0 bridgehead atoms. The van der Waals surface area contributed by atoms with Crippen LogP contribution in [0.25, 0.3) is 5.82 Å². The highest BCUT2D eigenvalue weighted by Crippen LogP contribution is 2.34. The molecule has 41 heavy (non-hydrogen) atoms. The van der Waals surface area contributed by atoms with E-state index in [1.165, 1.54) is 18.5 Å². The van der Waals surface area contributed by atoms with Crippen LogP contribution in [0.4, 0.5) is 36.3 Å². The summed E-state index contributed by atoms with van der Waals surface area (Å²) in [6, 6.07) is 10.5. The topological polar surface area (TPSA) is 117 Å². The minimum absolute atomic E-state index is 0.0774. The number of nitrogens with zero attached hydrogens (tertiary/aromatic N) is 6. The number of carbonyl (C=O) groups is 1. The fourth-order valence-electron chi connectivity index (χ4n) is 4.60. The fraction of sp³-hybridized carbons (Fsp3) is 0.286. The second-order valence-electron chi connectivity index (χ2n) is 9.98. The lowest BCUT2D eigenvalue weighted by Crippen LogP contribution is -2.44. The van der Waals surface area contributed by atoms with Crippen molar-refractivity contribution in [2.75, 3.05) is 49.6 Å². The van der Waals surface area contributed by atoms with Gasteiger partial charge in [0.1, 0.15) is 18.0 Å². The van der Waals surface area contributed by atoms with Crippen molar-refractivity contribution in [1.29, 1.82) is 0 Å². The third-order valence-electron chi connectivity index (χ3n) is 6.97.